The molecule has 2 heterocycles. The van der Waals surface area contributed by atoms with Crippen LogP contribution in [0.3, 0.4) is 0 Å². The average Bonchev–Trinajstić information content (AvgIpc) is 3.30. The lowest BCUT2D eigenvalue weighted by atomic mass is 9.58. The number of benzene rings is 1. The van der Waals surface area contributed by atoms with Crippen molar-refractivity contribution in [3.05, 3.63) is 48.4 Å². The third kappa shape index (κ3) is 1.70. The van der Waals surface area contributed by atoms with Crippen LogP contribution in [0.2, 0.25) is 0 Å². The van der Waals surface area contributed by atoms with E-state index in [1.165, 1.54) is 5.69 Å². The SMILES string of the molecule is Cn1nccc1C12CCC(C1)C2C(=O)Nc1c[nH]c2ccccc12. The Labute approximate surface area is 140 Å². The molecule has 0 aliphatic heterocycles. The van der Waals surface area contributed by atoms with Crippen molar-refractivity contribution in [3.8, 4) is 0 Å². The van der Waals surface area contributed by atoms with Gasteiger partial charge >= 0.3 is 0 Å². The molecule has 5 heteroatoms. The average molecular weight is 320 g/mol. The summed E-state index contributed by atoms with van der Waals surface area (Å²) in [6.45, 7) is 0. The van der Waals surface area contributed by atoms with Crippen LogP contribution >= 0.6 is 0 Å². The highest BCUT2D eigenvalue weighted by atomic mass is 16.2. The maximum absolute atomic E-state index is 13.1. The minimum absolute atomic E-state index is 0.0217. The first-order valence-corrected chi connectivity index (χ1v) is 8.54. The van der Waals surface area contributed by atoms with Crippen molar-refractivity contribution < 1.29 is 4.79 Å². The Bertz CT molecular complexity index is 936. The van der Waals surface area contributed by atoms with Crippen molar-refractivity contribution in [2.45, 2.75) is 24.7 Å². The van der Waals surface area contributed by atoms with Crippen LogP contribution < -0.4 is 5.32 Å². The number of anilines is 1. The second kappa shape index (κ2) is 4.72. The van der Waals surface area contributed by atoms with Crippen molar-refractivity contribution in [1.82, 2.24) is 14.8 Å². The van der Waals surface area contributed by atoms with Crippen molar-refractivity contribution >= 4 is 22.5 Å². The first kappa shape index (κ1) is 13.8. The van der Waals surface area contributed by atoms with Gasteiger partial charge in [-0.2, -0.15) is 5.10 Å². The van der Waals surface area contributed by atoms with Gasteiger partial charge in [0.05, 0.1) is 11.6 Å². The number of hydrogen-bond acceptors (Lipinski definition) is 2. The van der Waals surface area contributed by atoms with E-state index in [0.29, 0.717) is 5.92 Å². The van der Waals surface area contributed by atoms with Gasteiger partial charge in [-0.15, -0.1) is 0 Å². The van der Waals surface area contributed by atoms with Crippen LogP contribution in [0.15, 0.2) is 42.7 Å². The Hall–Kier alpha value is -2.56. The lowest BCUT2D eigenvalue weighted by Crippen LogP contribution is -2.51. The number of aryl methyl sites for hydroxylation is 1. The number of carbonyl (C=O) groups excluding carboxylic acids is 1. The van der Waals surface area contributed by atoms with E-state index < -0.39 is 0 Å². The Morgan fingerprint density at radius 2 is 2.25 bits per heavy atom. The maximum atomic E-state index is 13.1. The fraction of sp³-hybridized carbons (Fsp3) is 0.368. The molecule has 3 aromatic rings. The number of H-pyrrole nitrogens is 1. The van der Waals surface area contributed by atoms with Crippen LogP contribution in [0.25, 0.3) is 10.9 Å². The molecule has 0 spiro atoms. The highest BCUT2D eigenvalue weighted by molar-refractivity contribution is 6.03. The van der Waals surface area contributed by atoms with Gasteiger partial charge in [0.1, 0.15) is 0 Å². The normalized spacial score (nSPS) is 28.0. The van der Waals surface area contributed by atoms with Gasteiger partial charge in [0.2, 0.25) is 5.91 Å². The van der Waals surface area contributed by atoms with E-state index in [4.69, 9.17) is 0 Å². The molecule has 1 aromatic carbocycles. The molecule has 3 saturated carbocycles. The molecule has 2 N–H and O–H groups in total. The van der Waals surface area contributed by atoms with Crippen molar-refractivity contribution in [1.29, 1.82) is 0 Å². The first-order valence-electron chi connectivity index (χ1n) is 8.54. The van der Waals surface area contributed by atoms with E-state index in [0.717, 1.165) is 35.9 Å². The van der Waals surface area contributed by atoms with Crippen LogP contribution in [0.1, 0.15) is 25.0 Å². The van der Waals surface area contributed by atoms with E-state index in [2.05, 4.69) is 21.5 Å². The lowest BCUT2D eigenvalue weighted by molar-refractivity contribution is -0.127. The highest BCUT2D eigenvalue weighted by Gasteiger charge is 2.63. The summed E-state index contributed by atoms with van der Waals surface area (Å²) in [5, 5.41) is 8.56. The Kier molecular flexibility index (Phi) is 2.72. The van der Waals surface area contributed by atoms with Gasteiger partial charge < -0.3 is 10.3 Å². The molecule has 2 aromatic heterocycles. The number of nitrogens with one attached hydrogen (secondary N) is 2. The summed E-state index contributed by atoms with van der Waals surface area (Å²) in [4.78, 5) is 16.3. The van der Waals surface area contributed by atoms with E-state index in [-0.39, 0.29) is 17.2 Å². The van der Waals surface area contributed by atoms with Gasteiger partial charge in [-0.25, -0.2) is 0 Å². The zero-order valence-corrected chi connectivity index (χ0v) is 13.6. The second-order valence-electron chi connectivity index (χ2n) is 7.21. The topological polar surface area (TPSA) is 62.7 Å². The lowest BCUT2D eigenvalue weighted by Gasteiger charge is -2.46. The molecule has 3 aliphatic carbocycles. The van der Waals surface area contributed by atoms with Crippen LogP contribution in [-0.2, 0) is 17.3 Å². The van der Waals surface area contributed by atoms with Gasteiger partial charge in [-0.1, -0.05) is 18.2 Å². The molecule has 1 amide bonds. The summed E-state index contributed by atoms with van der Waals surface area (Å²) in [6, 6.07) is 10.1. The summed E-state index contributed by atoms with van der Waals surface area (Å²) >= 11 is 0. The van der Waals surface area contributed by atoms with E-state index in [9.17, 15) is 4.79 Å². The van der Waals surface area contributed by atoms with Crippen LogP contribution in [0, 0.1) is 11.8 Å². The quantitative estimate of drug-likeness (QED) is 0.778. The van der Waals surface area contributed by atoms with Crippen LogP contribution in [0.4, 0.5) is 5.69 Å². The number of amides is 1. The minimum Gasteiger partial charge on any atom is -0.359 e. The fourth-order valence-electron chi connectivity index (χ4n) is 5.08. The molecule has 5 nitrogen and oxygen atoms in total. The predicted molar refractivity (Wildman–Crippen MR) is 92.6 cm³/mol. The molecular formula is C19H20N4O. The van der Waals surface area contributed by atoms with Crippen molar-refractivity contribution in [2.24, 2.45) is 18.9 Å². The van der Waals surface area contributed by atoms with Crippen LogP contribution in [-0.4, -0.2) is 20.7 Å². The molecular weight excluding hydrogens is 300 g/mol. The second-order valence-corrected chi connectivity index (χ2v) is 7.21. The Morgan fingerprint density at radius 1 is 1.38 bits per heavy atom. The zero-order valence-electron chi connectivity index (χ0n) is 13.6. The molecule has 0 radical (unpaired) electrons. The first-order chi connectivity index (χ1) is 11.7. The summed E-state index contributed by atoms with van der Waals surface area (Å²) < 4.78 is 1.94. The van der Waals surface area contributed by atoms with Gasteiger partial charge in [0.25, 0.3) is 0 Å². The Balaban J connectivity index is 1.46. The van der Waals surface area contributed by atoms with Gasteiger partial charge in [0.15, 0.2) is 0 Å². The summed E-state index contributed by atoms with van der Waals surface area (Å²) in [5.41, 5.74) is 3.11. The molecule has 0 saturated heterocycles. The smallest absolute Gasteiger partial charge is 0.228 e. The highest BCUT2D eigenvalue weighted by Crippen LogP contribution is 2.64. The van der Waals surface area contributed by atoms with Crippen molar-refractivity contribution in [2.75, 3.05) is 5.32 Å². The fourth-order valence-corrected chi connectivity index (χ4v) is 5.08. The minimum atomic E-state index is -0.0217. The molecule has 3 aliphatic rings. The van der Waals surface area contributed by atoms with E-state index in [1.807, 2.05) is 48.4 Å². The largest absolute Gasteiger partial charge is 0.359 e. The molecule has 3 fully saturated rings. The third-order valence-electron chi connectivity index (χ3n) is 6.12. The van der Waals surface area contributed by atoms with Gasteiger partial charge in [-0.05, 0) is 37.3 Å². The molecule has 3 unspecified atom stereocenters. The van der Waals surface area contributed by atoms with E-state index >= 15 is 0 Å². The monoisotopic (exact) mass is 320 g/mol. The summed E-state index contributed by atoms with van der Waals surface area (Å²) in [6.07, 6.45) is 7.06. The number of aromatic amines is 1. The number of carbonyl (C=O) groups is 1. The standard InChI is InChI=1S/C19H20N4O/c1-23-16(7-9-21-23)19-8-6-12(10-19)17(19)18(24)22-15-11-20-14-5-3-2-4-13(14)15/h2-5,7,9,11-12,17,20H,6,8,10H2,1H3,(H,22,24). The Morgan fingerprint density at radius 3 is 3.04 bits per heavy atom. The molecule has 3 atom stereocenters. The maximum Gasteiger partial charge on any atom is 0.228 e. The zero-order chi connectivity index (χ0) is 16.3. The molecule has 2 bridgehead atoms. The molecule has 24 heavy (non-hydrogen) atoms. The number of aromatic nitrogens is 3. The number of fused-ring (bicyclic) bond motifs is 2. The summed E-state index contributed by atoms with van der Waals surface area (Å²) in [5.74, 6) is 0.710. The number of rotatable bonds is 3. The number of hydrogen-bond donors (Lipinski definition) is 2. The van der Waals surface area contributed by atoms with E-state index in [1.54, 1.807) is 0 Å². The molecule has 6 rings (SSSR count). The van der Waals surface area contributed by atoms with Gasteiger partial charge in [-0.3, -0.25) is 9.48 Å². The number of nitrogens with zero attached hydrogens (tertiary/aromatic N) is 2. The molecule has 122 valence electrons. The predicted octanol–water partition coefficient (Wildman–Crippen LogP) is 3.21. The van der Waals surface area contributed by atoms with Crippen LogP contribution in [0.5, 0.6) is 0 Å². The van der Waals surface area contributed by atoms with Gasteiger partial charge in [0, 0.05) is 41.5 Å². The summed E-state index contributed by atoms with van der Waals surface area (Å²) in [7, 11) is 1.98. The van der Waals surface area contributed by atoms with Crippen molar-refractivity contribution in [3.63, 3.8) is 0 Å². The third-order valence-corrected chi connectivity index (χ3v) is 6.12. The number of para-hydroxylation sites is 1.